The van der Waals surface area contributed by atoms with Crippen LogP contribution in [0.1, 0.15) is 71.1 Å². The van der Waals surface area contributed by atoms with Crippen LogP contribution in [0.2, 0.25) is 0 Å². The summed E-state index contributed by atoms with van der Waals surface area (Å²) in [6.07, 6.45) is 7.59. The molecule has 4 heterocycles. The molecule has 1 aromatic carbocycles. The van der Waals surface area contributed by atoms with E-state index in [0.717, 1.165) is 48.2 Å². The van der Waals surface area contributed by atoms with Gasteiger partial charge in [-0.1, -0.05) is 38.5 Å². The number of nitrogens with one attached hydrogen (secondary N) is 1. The predicted molar refractivity (Wildman–Crippen MR) is 147 cm³/mol. The Morgan fingerprint density at radius 3 is 2.59 bits per heavy atom. The minimum atomic E-state index is -0.403. The van der Waals surface area contributed by atoms with E-state index in [2.05, 4.69) is 29.8 Å². The Kier molecular flexibility index (Phi) is 7.35. The lowest BCUT2D eigenvalue weighted by atomic mass is 9.82. The molecule has 0 saturated carbocycles. The average Bonchev–Trinajstić information content (AvgIpc) is 3.21. The number of rotatable bonds is 4. The van der Waals surface area contributed by atoms with E-state index < -0.39 is 5.97 Å². The standard InChI is InChI=1S/C30H42N4O3/c1-21(2)37-28(35)24-19-34(20-30(3,4)26-23-12-6-7-13-25(23)31-27(24)26)29(36)33-16-10-11-22(18-33)17-32-14-8-5-9-15-32/h6-7,12-13,19,21-22,31H,5,8-11,14-18,20H2,1-4H3/t22-/m1/s1. The number of hydrogen-bond acceptors (Lipinski definition) is 4. The second kappa shape index (κ2) is 10.5. The molecular formula is C30H42N4O3. The first-order chi connectivity index (χ1) is 17.7. The zero-order valence-corrected chi connectivity index (χ0v) is 22.9. The zero-order chi connectivity index (χ0) is 26.2. The van der Waals surface area contributed by atoms with Crippen LogP contribution in [-0.2, 0) is 14.9 Å². The van der Waals surface area contributed by atoms with Gasteiger partial charge in [0.1, 0.15) is 0 Å². The van der Waals surface area contributed by atoms with E-state index in [1.807, 2.05) is 36.9 Å². The highest BCUT2D eigenvalue weighted by molar-refractivity contribution is 6.18. The SMILES string of the molecule is CC(C)OC(=O)C1=CN(C(=O)N2CCC[C@H](CN3CCCCC3)C2)CC(C)(C)c2c1[nH]c1ccccc21. The molecule has 7 heteroatoms. The molecule has 1 N–H and O–H groups in total. The zero-order valence-electron chi connectivity index (χ0n) is 22.9. The molecule has 0 aliphatic carbocycles. The first-order valence-corrected chi connectivity index (χ1v) is 14.0. The van der Waals surface area contributed by atoms with Gasteiger partial charge in [-0.2, -0.15) is 0 Å². The van der Waals surface area contributed by atoms with Gasteiger partial charge in [0, 0.05) is 48.7 Å². The lowest BCUT2D eigenvalue weighted by Crippen LogP contribution is -2.50. The third kappa shape index (κ3) is 5.42. The van der Waals surface area contributed by atoms with Crippen molar-refractivity contribution in [3.63, 3.8) is 0 Å². The summed E-state index contributed by atoms with van der Waals surface area (Å²) in [5, 5.41) is 1.08. The topological polar surface area (TPSA) is 68.9 Å². The third-order valence-electron chi connectivity index (χ3n) is 8.07. The Balaban J connectivity index is 1.45. The van der Waals surface area contributed by atoms with Gasteiger partial charge < -0.3 is 19.5 Å². The van der Waals surface area contributed by atoms with E-state index in [0.29, 0.717) is 18.0 Å². The lowest BCUT2D eigenvalue weighted by Gasteiger charge is -2.39. The van der Waals surface area contributed by atoms with Crippen molar-refractivity contribution in [1.82, 2.24) is 19.7 Å². The summed E-state index contributed by atoms with van der Waals surface area (Å²) < 4.78 is 5.66. The lowest BCUT2D eigenvalue weighted by molar-refractivity contribution is -0.140. The van der Waals surface area contributed by atoms with E-state index in [4.69, 9.17) is 4.74 Å². The monoisotopic (exact) mass is 506 g/mol. The largest absolute Gasteiger partial charge is 0.459 e. The smallest absolute Gasteiger partial charge is 0.342 e. The first-order valence-electron chi connectivity index (χ1n) is 14.0. The number of H-pyrrole nitrogens is 1. The molecule has 1 aromatic heterocycles. The van der Waals surface area contributed by atoms with Gasteiger partial charge in [0.2, 0.25) is 0 Å². The number of benzene rings is 1. The second-order valence-corrected chi connectivity index (χ2v) is 12.0. The van der Waals surface area contributed by atoms with Crippen LogP contribution in [0.15, 0.2) is 30.5 Å². The Morgan fingerprint density at radius 1 is 1.08 bits per heavy atom. The molecule has 1 atom stereocenters. The van der Waals surface area contributed by atoms with Gasteiger partial charge in [0.15, 0.2) is 0 Å². The number of amides is 2. The molecule has 3 aliphatic heterocycles. The number of carbonyl (C=O) groups excluding carboxylic acids is 2. The predicted octanol–water partition coefficient (Wildman–Crippen LogP) is 5.37. The number of piperidine rings is 2. The van der Waals surface area contributed by atoms with E-state index in [-0.39, 0.29) is 17.6 Å². The Hall–Kier alpha value is -2.80. The third-order valence-corrected chi connectivity index (χ3v) is 8.07. The molecule has 200 valence electrons. The van der Waals surface area contributed by atoms with Crippen molar-refractivity contribution < 1.29 is 14.3 Å². The van der Waals surface area contributed by atoms with Gasteiger partial charge in [0.05, 0.1) is 17.4 Å². The van der Waals surface area contributed by atoms with Crippen LogP contribution in [0.25, 0.3) is 16.5 Å². The molecule has 0 bridgehead atoms. The molecule has 2 fully saturated rings. The highest BCUT2D eigenvalue weighted by Crippen LogP contribution is 2.40. The number of ether oxygens (including phenoxy) is 1. The molecule has 2 aromatic rings. The fraction of sp³-hybridized carbons (Fsp3) is 0.600. The maximum Gasteiger partial charge on any atom is 0.342 e. The Bertz CT molecular complexity index is 1170. The van der Waals surface area contributed by atoms with Crippen molar-refractivity contribution in [3.05, 3.63) is 41.7 Å². The summed E-state index contributed by atoms with van der Waals surface area (Å²) in [5.74, 6) is 0.0988. The summed E-state index contributed by atoms with van der Waals surface area (Å²) in [4.78, 5) is 37.2. The Labute approximate surface area is 220 Å². The number of para-hydroxylation sites is 1. The number of likely N-dealkylation sites (tertiary alicyclic amines) is 2. The maximum absolute atomic E-state index is 14.0. The summed E-state index contributed by atoms with van der Waals surface area (Å²) in [6.45, 7) is 13.5. The summed E-state index contributed by atoms with van der Waals surface area (Å²) in [6, 6.07) is 8.12. The molecule has 3 aliphatic rings. The van der Waals surface area contributed by atoms with Crippen LogP contribution < -0.4 is 0 Å². The van der Waals surface area contributed by atoms with Crippen LogP contribution in [0.4, 0.5) is 4.79 Å². The van der Waals surface area contributed by atoms with Crippen LogP contribution in [0.5, 0.6) is 0 Å². The molecule has 0 spiro atoms. The fourth-order valence-corrected chi connectivity index (χ4v) is 6.45. The van der Waals surface area contributed by atoms with Crippen molar-refractivity contribution in [2.24, 2.45) is 5.92 Å². The first kappa shape index (κ1) is 25.8. The highest BCUT2D eigenvalue weighted by atomic mass is 16.5. The fourth-order valence-electron chi connectivity index (χ4n) is 6.45. The van der Waals surface area contributed by atoms with E-state index in [1.54, 1.807) is 11.1 Å². The van der Waals surface area contributed by atoms with E-state index in [9.17, 15) is 9.59 Å². The molecule has 2 saturated heterocycles. The Morgan fingerprint density at radius 2 is 1.84 bits per heavy atom. The number of esters is 1. The number of carbonyl (C=O) groups is 2. The van der Waals surface area contributed by atoms with Gasteiger partial charge in [0.25, 0.3) is 0 Å². The number of aromatic amines is 1. The number of urea groups is 1. The van der Waals surface area contributed by atoms with Gasteiger partial charge in [-0.15, -0.1) is 0 Å². The van der Waals surface area contributed by atoms with E-state index >= 15 is 0 Å². The van der Waals surface area contributed by atoms with Crippen molar-refractivity contribution >= 4 is 28.5 Å². The second-order valence-electron chi connectivity index (χ2n) is 12.0. The van der Waals surface area contributed by atoms with Crippen LogP contribution in [-0.4, -0.2) is 77.1 Å². The van der Waals surface area contributed by atoms with Crippen molar-refractivity contribution in [2.75, 3.05) is 39.3 Å². The average molecular weight is 507 g/mol. The number of hydrogen-bond donors (Lipinski definition) is 1. The molecule has 0 radical (unpaired) electrons. The van der Waals surface area contributed by atoms with Gasteiger partial charge >= 0.3 is 12.0 Å². The molecule has 7 nitrogen and oxygen atoms in total. The van der Waals surface area contributed by atoms with Gasteiger partial charge in [-0.25, -0.2) is 9.59 Å². The summed E-state index contributed by atoms with van der Waals surface area (Å²) in [7, 11) is 0. The molecule has 5 rings (SSSR count). The maximum atomic E-state index is 14.0. The van der Waals surface area contributed by atoms with Crippen LogP contribution in [0, 0.1) is 5.92 Å². The molecular weight excluding hydrogens is 464 g/mol. The quantitative estimate of drug-likeness (QED) is 0.566. The molecule has 0 unspecified atom stereocenters. The highest BCUT2D eigenvalue weighted by Gasteiger charge is 2.39. The van der Waals surface area contributed by atoms with E-state index in [1.165, 1.54) is 38.8 Å². The summed E-state index contributed by atoms with van der Waals surface area (Å²) >= 11 is 0. The van der Waals surface area contributed by atoms with Crippen LogP contribution >= 0.6 is 0 Å². The molecule has 37 heavy (non-hydrogen) atoms. The van der Waals surface area contributed by atoms with Gasteiger partial charge in [-0.3, -0.25) is 4.90 Å². The number of nitrogens with zero attached hydrogens (tertiary/aromatic N) is 3. The number of aromatic nitrogens is 1. The minimum Gasteiger partial charge on any atom is -0.459 e. The minimum absolute atomic E-state index is 0.0132. The van der Waals surface area contributed by atoms with Crippen LogP contribution in [0.3, 0.4) is 0 Å². The van der Waals surface area contributed by atoms with Crippen molar-refractivity contribution in [1.29, 1.82) is 0 Å². The normalized spacial score (nSPS) is 22.5. The van der Waals surface area contributed by atoms with Crippen molar-refractivity contribution in [2.45, 2.75) is 71.3 Å². The van der Waals surface area contributed by atoms with Crippen molar-refractivity contribution in [3.8, 4) is 0 Å². The summed E-state index contributed by atoms with van der Waals surface area (Å²) in [5.41, 5.74) is 2.85. The van der Waals surface area contributed by atoms with Gasteiger partial charge in [-0.05, 0) is 70.2 Å². The molecule has 2 amide bonds. The number of fused-ring (bicyclic) bond motifs is 3.